The SMILES string of the molecule is COc1cc(OC)c(/C=C/[S+]([O-])Cc2ccc(OC)c(OC(=O)CN3CCN(C)CC3)c2)c(OC)c1. The molecule has 9 nitrogen and oxygen atoms in total. The monoisotopic (exact) mass is 518 g/mol. The van der Waals surface area contributed by atoms with Crippen molar-refractivity contribution >= 4 is 23.2 Å². The summed E-state index contributed by atoms with van der Waals surface area (Å²) in [6, 6.07) is 8.68. The van der Waals surface area contributed by atoms with Crippen LogP contribution in [0.4, 0.5) is 0 Å². The molecule has 3 rings (SSSR count). The number of methoxy groups -OCH3 is 4. The highest BCUT2D eigenvalue weighted by molar-refractivity contribution is 7.93. The summed E-state index contributed by atoms with van der Waals surface area (Å²) in [6.45, 7) is 3.68. The number of piperazine rings is 1. The van der Waals surface area contributed by atoms with Crippen LogP contribution in [0, 0.1) is 0 Å². The Morgan fingerprint density at radius 3 is 2.14 bits per heavy atom. The van der Waals surface area contributed by atoms with Crippen LogP contribution in [-0.4, -0.2) is 88.5 Å². The lowest BCUT2D eigenvalue weighted by atomic mass is 10.1. The number of likely N-dealkylation sites (N-methyl/N-ethyl adjacent to an activating group) is 1. The Kier molecular flexibility index (Phi) is 10.3. The van der Waals surface area contributed by atoms with Crippen molar-refractivity contribution in [3.05, 3.63) is 46.9 Å². The Morgan fingerprint density at radius 2 is 1.56 bits per heavy atom. The van der Waals surface area contributed by atoms with E-state index in [1.54, 1.807) is 63.1 Å². The van der Waals surface area contributed by atoms with Crippen LogP contribution in [0.2, 0.25) is 0 Å². The standard InChI is InChI=1S/C26H34N2O7S/c1-27-9-11-28(12-10-27)17-26(29)35-25-14-19(6-7-22(25)32-3)18-36(30)13-8-21-23(33-4)15-20(31-2)16-24(21)34-5/h6-8,13-16H,9-12,17-18H2,1-5H3/b13-8+. The fraction of sp³-hybridized carbons (Fsp3) is 0.423. The molecule has 0 aromatic heterocycles. The van der Waals surface area contributed by atoms with Gasteiger partial charge in [-0.3, -0.25) is 9.69 Å². The second-order valence-corrected chi connectivity index (χ2v) is 9.63. The van der Waals surface area contributed by atoms with Gasteiger partial charge in [0.2, 0.25) is 0 Å². The van der Waals surface area contributed by atoms with E-state index in [9.17, 15) is 9.35 Å². The van der Waals surface area contributed by atoms with E-state index < -0.39 is 11.2 Å². The van der Waals surface area contributed by atoms with E-state index in [-0.39, 0.29) is 18.3 Å². The molecule has 1 aliphatic heterocycles. The Labute approximate surface area is 215 Å². The maximum Gasteiger partial charge on any atom is 0.325 e. The van der Waals surface area contributed by atoms with Gasteiger partial charge < -0.3 is 33.1 Å². The zero-order chi connectivity index (χ0) is 26.1. The van der Waals surface area contributed by atoms with E-state index >= 15 is 0 Å². The van der Waals surface area contributed by atoms with Crippen LogP contribution in [0.5, 0.6) is 28.7 Å². The molecule has 2 aromatic rings. The molecule has 0 bridgehead atoms. The van der Waals surface area contributed by atoms with E-state index in [1.807, 2.05) is 0 Å². The summed E-state index contributed by atoms with van der Waals surface area (Å²) in [5.41, 5.74) is 1.40. The zero-order valence-corrected chi connectivity index (χ0v) is 22.3. The van der Waals surface area contributed by atoms with Crippen LogP contribution in [-0.2, 0) is 21.7 Å². The first-order valence-corrected chi connectivity index (χ1v) is 12.9. The fourth-order valence-electron chi connectivity index (χ4n) is 3.79. The van der Waals surface area contributed by atoms with Crippen molar-refractivity contribution in [1.82, 2.24) is 9.80 Å². The van der Waals surface area contributed by atoms with Crippen LogP contribution in [0.15, 0.2) is 35.7 Å². The zero-order valence-electron chi connectivity index (χ0n) is 21.4. The van der Waals surface area contributed by atoms with Crippen molar-refractivity contribution in [1.29, 1.82) is 0 Å². The number of ether oxygens (including phenoxy) is 5. The van der Waals surface area contributed by atoms with E-state index in [0.717, 1.165) is 31.7 Å². The molecule has 0 radical (unpaired) electrons. The molecule has 0 saturated carbocycles. The minimum absolute atomic E-state index is 0.210. The highest BCUT2D eigenvalue weighted by Crippen LogP contribution is 2.35. The van der Waals surface area contributed by atoms with Crippen molar-refractivity contribution in [2.45, 2.75) is 5.75 Å². The number of hydrogen-bond acceptors (Lipinski definition) is 9. The van der Waals surface area contributed by atoms with Gasteiger partial charge in [0.25, 0.3) is 0 Å². The Balaban J connectivity index is 1.68. The van der Waals surface area contributed by atoms with Crippen LogP contribution >= 0.6 is 0 Å². The smallest absolute Gasteiger partial charge is 0.325 e. The Morgan fingerprint density at radius 1 is 0.917 bits per heavy atom. The molecule has 1 atom stereocenters. The highest BCUT2D eigenvalue weighted by atomic mass is 32.2. The quantitative estimate of drug-likeness (QED) is 0.253. The minimum Gasteiger partial charge on any atom is -0.612 e. The van der Waals surface area contributed by atoms with Gasteiger partial charge >= 0.3 is 5.97 Å². The maximum absolute atomic E-state index is 12.9. The number of carbonyl (C=O) groups excluding carboxylic acids is 1. The average molecular weight is 519 g/mol. The molecule has 36 heavy (non-hydrogen) atoms. The number of esters is 1. The van der Waals surface area contributed by atoms with Crippen molar-refractivity contribution < 1.29 is 33.0 Å². The predicted octanol–water partition coefficient (Wildman–Crippen LogP) is 2.79. The maximum atomic E-state index is 12.9. The van der Waals surface area contributed by atoms with Gasteiger partial charge in [-0.2, -0.15) is 0 Å². The molecule has 1 fully saturated rings. The Bertz CT molecular complexity index is 1030. The normalized spacial score (nSPS) is 15.5. The van der Waals surface area contributed by atoms with E-state index in [4.69, 9.17) is 23.7 Å². The largest absolute Gasteiger partial charge is 0.612 e. The molecule has 1 unspecified atom stereocenters. The second kappa shape index (κ2) is 13.4. The van der Waals surface area contributed by atoms with Crippen LogP contribution < -0.4 is 23.7 Å². The molecule has 1 saturated heterocycles. The summed E-state index contributed by atoms with van der Waals surface area (Å²) in [7, 11) is 8.24. The van der Waals surface area contributed by atoms with E-state index in [1.165, 1.54) is 7.11 Å². The highest BCUT2D eigenvalue weighted by Gasteiger charge is 2.20. The van der Waals surface area contributed by atoms with Gasteiger partial charge in [0, 0.05) is 50.0 Å². The van der Waals surface area contributed by atoms with Crippen molar-refractivity contribution in [2.75, 3.05) is 68.2 Å². The van der Waals surface area contributed by atoms with Gasteiger partial charge in [-0.05, 0) is 30.4 Å². The molecule has 0 amide bonds. The fourth-order valence-corrected chi connectivity index (χ4v) is 4.68. The first-order chi connectivity index (χ1) is 17.4. The Hall–Kier alpha value is -2.92. The van der Waals surface area contributed by atoms with Gasteiger partial charge in [0.15, 0.2) is 11.5 Å². The van der Waals surface area contributed by atoms with E-state index in [0.29, 0.717) is 34.3 Å². The molecule has 0 N–H and O–H groups in total. The molecule has 1 aliphatic rings. The summed E-state index contributed by atoms with van der Waals surface area (Å²) in [5, 5.41) is 1.58. The topological polar surface area (TPSA) is 92.8 Å². The van der Waals surface area contributed by atoms with Gasteiger partial charge in [-0.25, -0.2) is 0 Å². The lowest BCUT2D eigenvalue weighted by Crippen LogP contribution is -2.46. The lowest BCUT2D eigenvalue weighted by molar-refractivity contribution is -0.136. The minimum atomic E-state index is -1.35. The molecule has 196 valence electrons. The first kappa shape index (κ1) is 27.7. The van der Waals surface area contributed by atoms with Crippen molar-refractivity contribution in [3.63, 3.8) is 0 Å². The molecular formula is C26H34N2O7S. The summed E-state index contributed by atoms with van der Waals surface area (Å²) in [4.78, 5) is 16.8. The summed E-state index contributed by atoms with van der Waals surface area (Å²) >= 11 is -1.35. The second-order valence-electron chi connectivity index (χ2n) is 8.31. The van der Waals surface area contributed by atoms with Crippen molar-refractivity contribution in [3.8, 4) is 28.7 Å². The third kappa shape index (κ3) is 7.54. The molecule has 0 spiro atoms. The molecule has 10 heteroatoms. The van der Waals surface area contributed by atoms with E-state index in [2.05, 4.69) is 16.8 Å². The number of nitrogens with zero attached hydrogens (tertiary/aromatic N) is 2. The lowest BCUT2D eigenvalue weighted by Gasteiger charge is -2.31. The molecule has 0 aliphatic carbocycles. The van der Waals surface area contributed by atoms with Crippen LogP contribution in [0.25, 0.3) is 6.08 Å². The molecular weight excluding hydrogens is 484 g/mol. The van der Waals surface area contributed by atoms with Crippen molar-refractivity contribution in [2.24, 2.45) is 0 Å². The predicted molar refractivity (Wildman–Crippen MR) is 140 cm³/mol. The van der Waals surface area contributed by atoms with Gasteiger partial charge in [0.1, 0.15) is 28.4 Å². The molecule has 2 aromatic carbocycles. The number of hydrogen-bond donors (Lipinski definition) is 0. The number of rotatable bonds is 11. The van der Waals surface area contributed by atoms with Gasteiger partial charge in [-0.1, -0.05) is 6.07 Å². The third-order valence-electron chi connectivity index (χ3n) is 5.85. The van der Waals surface area contributed by atoms with Crippen LogP contribution in [0.3, 0.4) is 0 Å². The summed E-state index contributed by atoms with van der Waals surface area (Å²) in [6.07, 6.45) is 1.70. The number of benzene rings is 2. The molecule has 1 heterocycles. The average Bonchev–Trinajstić information content (AvgIpc) is 2.88. The summed E-state index contributed by atoms with van der Waals surface area (Å²) in [5.74, 6) is 2.30. The number of carbonyl (C=O) groups is 1. The van der Waals surface area contributed by atoms with Crippen LogP contribution in [0.1, 0.15) is 11.1 Å². The first-order valence-electron chi connectivity index (χ1n) is 11.5. The van der Waals surface area contributed by atoms with Gasteiger partial charge in [0.05, 0.1) is 40.5 Å². The summed E-state index contributed by atoms with van der Waals surface area (Å²) < 4.78 is 40.0. The third-order valence-corrected chi connectivity index (χ3v) is 6.91. The van der Waals surface area contributed by atoms with Gasteiger partial charge in [-0.15, -0.1) is 0 Å².